The predicted molar refractivity (Wildman–Crippen MR) is 102 cm³/mol. The topological polar surface area (TPSA) is 44.5 Å². The van der Waals surface area contributed by atoms with Crippen LogP contribution in [0.5, 0.6) is 11.5 Å². The molecule has 0 aromatic heterocycles. The quantitative estimate of drug-likeness (QED) is 0.354. The van der Waals surface area contributed by atoms with Crippen LogP contribution < -0.4 is 37.8 Å². The van der Waals surface area contributed by atoms with E-state index in [0.29, 0.717) is 6.61 Å². The molecule has 0 radical (unpaired) electrons. The Morgan fingerprint density at radius 3 is 2.70 bits per heavy atom. The van der Waals surface area contributed by atoms with Gasteiger partial charge in [0, 0.05) is 0 Å². The van der Waals surface area contributed by atoms with Gasteiger partial charge in [-0.15, -0.1) is 0 Å². The van der Waals surface area contributed by atoms with Crippen LogP contribution in [-0.2, 0) is 0 Å². The summed E-state index contributed by atoms with van der Waals surface area (Å²) in [6.45, 7) is 2.70. The Morgan fingerprint density at radius 2 is 2.00 bits per heavy atom. The van der Waals surface area contributed by atoms with Crippen LogP contribution in [0.3, 0.4) is 0 Å². The standard InChI is InChI=1S/C18H22I2NO2/c1-11-4-5-14(16(21)6-11)15-7-12(19)8-17-18(15)23-13(10-22-17)9-20(2)3/h4-8,13,19H,9-10,21H2,1-3H3/q+1/t13-/m0/s1. The average molecular weight is 538 g/mol. The number of nitrogen functional groups attached to an aromatic ring is 1. The maximum absolute atomic E-state index is 6.33. The molecule has 1 atom stereocenters. The first kappa shape index (κ1) is 17.1. The van der Waals surface area contributed by atoms with E-state index in [1.54, 1.807) is 0 Å². The normalized spacial score (nSPS) is 17.0. The van der Waals surface area contributed by atoms with E-state index in [1.807, 2.05) is 28.7 Å². The number of nitrogens with two attached hydrogens (primary N) is 1. The monoisotopic (exact) mass is 538 g/mol. The Hall–Kier alpha value is -0.700. The zero-order chi connectivity index (χ0) is 16.6. The molecule has 5 heteroatoms. The van der Waals surface area contributed by atoms with Crippen LogP contribution in [0.25, 0.3) is 11.1 Å². The Bertz CT molecular complexity index is 731. The summed E-state index contributed by atoms with van der Waals surface area (Å²) < 4.78 is 14.6. The zero-order valence-corrected chi connectivity index (χ0v) is 18.0. The van der Waals surface area contributed by atoms with Crippen LogP contribution in [0, 0.1) is 10.5 Å². The molecule has 2 aromatic rings. The third-order valence-electron chi connectivity index (χ3n) is 3.72. The van der Waals surface area contributed by atoms with Gasteiger partial charge < -0.3 is 0 Å². The summed E-state index contributed by atoms with van der Waals surface area (Å²) in [6, 6.07) is 10.4. The van der Waals surface area contributed by atoms with Crippen molar-refractivity contribution in [3.63, 3.8) is 0 Å². The summed E-state index contributed by atoms with van der Waals surface area (Å²) in [7, 11) is 0. The van der Waals surface area contributed by atoms with E-state index < -0.39 is 19.8 Å². The Balaban J connectivity index is 2.06. The van der Waals surface area contributed by atoms with E-state index in [2.05, 4.69) is 41.1 Å². The third kappa shape index (κ3) is 3.87. The Morgan fingerprint density at radius 1 is 1.22 bits per heavy atom. The van der Waals surface area contributed by atoms with Crippen molar-refractivity contribution in [2.45, 2.75) is 13.0 Å². The zero-order valence-electron chi connectivity index (χ0n) is 13.6. The molecule has 0 bridgehead atoms. The molecule has 124 valence electrons. The van der Waals surface area contributed by atoms with E-state index in [-0.39, 0.29) is 6.10 Å². The summed E-state index contributed by atoms with van der Waals surface area (Å²) in [6.07, 6.45) is 0.164. The molecule has 0 saturated carbocycles. The fourth-order valence-corrected chi connectivity index (χ4v) is 5.78. The number of ether oxygens (including phenoxy) is 2. The van der Waals surface area contributed by atoms with Gasteiger partial charge >= 0.3 is 159 Å². The Kier molecular flexibility index (Phi) is 5.25. The molecule has 0 spiro atoms. The summed E-state index contributed by atoms with van der Waals surface area (Å²) in [4.78, 5) is 4.72. The Labute approximate surface area is 158 Å². The van der Waals surface area contributed by atoms with Gasteiger partial charge in [-0.2, -0.15) is 0 Å². The maximum atomic E-state index is 6.33. The van der Waals surface area contributed by atoms with Crippen molar-refractivity contribution in [2.75, 3.05) is 26.6 Å². The van der Waals surface area contributed by atoms with Crippen LogP contribution in [0.15, 0.2) is 30.3 Å². The first-order valence-electron chi connectivity index (χ1n) is 7.41. The van der Waals surface area contributed by atoms with Gasteiger partial charge in [0.05, 0.1) is 0 Å². The molecule has 1 heterocycles. The fourth-order valence-electron chi connectivity index (χ4n) is 2.74. The van der Waals surface area contributed by atoms with Crippen LogP contribution in [0.4, 0.5) is 5.69 Å². The molecule has 0 unspecified atom stereocenters. The van der Waals surface area contributed by atoms with Crippen molar-refractivity contribution in [1.29, 1.82) is 0 Å². The van der Waals surface area contributed by atoms with Gasteiger partial charge in [0.1, 0.15) is 0 Å². The van der Waals surface area contributed by atoms with Crippen LogP contribution in [-0.4, -0.2) is 27.0 Å². The first-order chi connectivity index (χ1) is 10.9. The molecule has 1 aliphatic heterocycles. The van der Waals surface area contributed by atoms with E-state index in [1.165, 1.54) is 0 Å². The van der Waals surface area contributed by atoms with Crippen molar-refractivity contribution >= 4 is 25.5 Å². The van der Waals surface area contributed by atoms with Crippen molar-refractivity contribution < 1.29 is 32.1 Å². The minimum absolute atomic E-state index is 0.164. The van der Waals surface area contributed by atoms with Gasteiger partial charge in [-0.25, -0.2) is 0 Å². The molecule has 3 nitrogen and oxygen atoms in total. The summed E-state index contributed by atoms with van der Waals surface area (Å²) in [5, 5.41) is 0. The van der Waals surface area contributed by atoms with Crippen molar-refractivity contribution in [3.05, 3.63) is 39.5 Å². The van der Waals surface area contributed by atoms with E-state index in [0.717, 1.165) is 41.9 Å². The van der Waals surface area contributed by atoms with Gasteiger partial charge in [-0.3, -0.25) is 0 Å². The molecule has 0 saturated heterocycles. The molecule has 0 fully saturated rings. The summed E-state index contributed by atoms with van der Waals surface area (Å²) in [5.74, 6) is 1.69. The third-order valence-corrected chi connectivity index (χ3v) is 7.13. The van der Waals surface area contributed by atoms with Crippen molar-refractivity contribution in [3.8, 4) is 22.6 Å². The summed E-state index contributed by atoms with van der Waals surface area (Å²) >= 11 is 1.13. The number of hydrogen-bond donors (Lipinski definition) is 1. The minimum atomic E-state index is -0.867. The van der Waals surface area contributed by atoms with Gasteiger partial charge in [0.2, 0.25) is 0 Å². The van der Waals surface area contributed by atoms with Gasteiger partial charge in [-0.05, 0) is 0 Å². The molecule has 0 aliphatic carbocycles. The number of aryl methyl sites for hydroxylation is 1. The average Bonchev–Trinajstić information content (AvgIpc) is 2.46. The second-order valence-corrected chi connectivity index (χ2v) is 13.4. The number of hydrogen-bond acceptors (Lipinski definition) is 3. The van der Waals surface area contributed by atoms with Crippen molar-refractivity contribution in [2.24, 2.45) is 0 Å². The van der Waals surface area contributed by atoms with Crippen LogP contribution in [0.2, 0.25) is 0 Å². The van der Waals surface area contributed by atoms with Gasteiger partial charge in [-0.1, -0.05) is 0 Å². The van der Waals surface area contributed by atoms with Crippen LogP contribution in [0.1, 0.15) is 5.56 Å². The van der Waals surface area contributed by atoms with E-state index in [9.17, 15) is 0 Å². The number of rotatable bonds is 3. The number of halogens is 2. The number of benzene rings is 2. The molecule has 1 aliphatic rings. The van der Waals surface area contributed by atoms with Crippen LogP contribution >= 0.6 is 19.8 Å². The summed E-state index contributed by atoms with van der Waals surface area (Å²) in [5.41, 5.74) is 10.3. The second kappa shape index (κ2) is 7.04. The van der Waals surface area contributed by atoms with Gasteiger partial charge in [0.15, 0.2) is 0 Å². The second-order valence-electron chi connectivity index (χ2n) is 6.01. The molecule has 2 aromatic carbocycles. The molecule has 2 N–H and O–H groups in total. The molecule has 3 rings (SSSR count). The van der Waals surface area contributed by atoms with Crippen molar-refractivity contribution in [1.82, 2.24) is 0 Å². The van der Waals surface area contributed by atoms with Gasteiger partial charge in [0.25, 0.3) is 0 Å². The number of anilines is 1. The number of alkyl halides is 3. The van der Waals surface area contributed by atoms with E-state index in [4.69, 9.17) is 15.2 Å². The fraction of sp³-hybridized carbons (Fsp3) is 0.333. The SMILES string of the molecule is Cc1ccc(-c2cc([IH+])cc3c2O[C@@H](CI(C)C)CO3)c(N)c1. The molecule has 0 amide bonds. The molecular weight excluding hydrogens is 516 g/mol. The first-order valence-corrected chi connectivity index (χ1v) is 14.4. The number of fused-ring (bicyclic) bond motifs is 1. The molecule has 23 heavy (non-hydrogen) atoms. The molecular formula is C18H22I2NO2+. The predicted octanol–water partition coefficient (Wildman–Crippen LogP) is 0.605. The van der Waals surface area contributed by atoms with E-state index >= 15 is 0 Å².